The Kier molecular flexibility index (Phi) is 4.77. The monoisotopic (exact) mass is 293 g/mol. The molecule has 0 saturated carbocycles. The number of aryl methyl sites for hydroxylation is 2. The van der Waals surface area contributed by atoms with Gasteiger partial charge in [0.05, 0.1) is 12.3 Å². The van der Waals surface area contributed by atoms with E-state index in [1.54, 1.807) is 19.1 Å². The molecule has 1 aromatic carbocycles. The molecule has 2 N–H and O–H groups in total. The number of nitrogens with zero attached hydrogens (tertiary/aromatic N) is 1. The highest BCUT2D eigenvalue weighted by atomic mass is 16.8. The molecule has 0 aromatic heterocycles. The zero-order valence-corrected chi connectivity index (χ0v) is 11.7. The molecule has 0 fully saturated rings. The highest BCUT2D eigenvalue weighted by Gasteiger charge is 2.18. The Morgan fingerprint density at radius 1 is 1.48 bits per heavy atom. The smallest absolute Gasteiger partial charge is 0.306 e. The number of hydrogen-bond acceptors (Lipinski definition) is 6. The molecule has 0 atom stereocenters. The van der Waals surface area contributed by atoms with Crippen molar-refractivity contribution in [3.05, 3.63) is 28.5 Å². The molecular weight excluding hydrogens is 276 g/mol. The zero-order chi connectivity index (χ0) is 15.4. The summed E-state index contributed by atoms with van der Waals surface area (Å²) in [6, 6.07) is 3.17. The van der Waals surface area contributed by atoms with Gasteiger partial charge in [-0.3, -0.25) is 14.8 Å². The Morgan fingerprint density at radius 2 is 2.24 bits per heavy atom. The van der Waals surface area contributed by atoms with Crippen molar-refractivity contribution >= 4 is 23.3 Å². The van der Waals surface area contributed by atoms with Gasteiger partial charge in [0, 0.05) is 18.5 Å². The molecule has 0 bridgehead atoms. The van der Waals surface area contributed by atoms with Crippen LogP contribution in [0.5, 0.6) is 0 Å². The van der Waals surface area contributed by atoms with Gasteiger partial charge in [-0.2, -0.15) is 0 Å². The third kappa shape index (κ3) is 3.71. The van der Waals surface area contributed by atoms with Crippen molar-refractivity contribution in [2.24, 2.45) is 0 Å². The minimum atomic E-state index is -0.374. The number of esters is 1. The lowest BCUT2D eigenvalue weighted by Gasteiger charge is -2.28. The maximum Gasteiger partial charge on any atom is 0.306 e. The van der Waals surface area contributed by atoms with E-state index in [0.29, 0.717) is 30.7 Å². The lowest BCUT2D eigenvalue weighted by Crippen LogP contribution is -2.20. The average molecular weight is 293 g/mol. The van der Waals surface area contributed by atoms with E-state index in [1.807, 2.05) is 0 Å². The normalized spacial score (nSPS) is 13.4. The van der Waals surface area contributed by atoms with Crippen LogP contribution in [0.1, 0.15) is 30.9 Å². The molecule has 1 aliphatic rings. The van der Waals surface area contributed by atoms with Crippen LogP contribution in [-0.4, -0.2) is 23.7 Å². The molecule has 1 aliphatic heterocycles. The topological polar surface area (TPSA) is 102 Å². The molecule has 0 saturated heterocycles. The number of benzene rings is 1. The molecule has 2 rings (SSSR count). The number of amides is 1. The standard InChI is InChI=1S/C14H17N2O5/c1-2-21-14(18)6-4-10-7-11-9(3-5-13(17)15-11)8-12(10)16(19)20/h7-8,19H,2-6H2,1H3,(H,15,17)/q-1. The number of carbonyl (C=O) groups is 2. The van der Waals surface area contributed by atoms with Crippen LogP contribution < -0.4 is 10.5 Å². The van der Waals surface area contributed by atoms with E-state index in [4.69, 9.17) is 4.74 Å². The molecule has 0 radical (unpaired) electrons. The van der Waals surface area contributed by atoms with E-state index in [1.165, 1.54) is 0 Å². The largest absolute Gasteiger partial charge is 0.733 e. The van der Waals surface area contributed by atoms with Crippen molar-refractivity contribution < 1.29 is 19.5 Å². The van der Waals surface area contributed by atoms with Crippen LogP contribution in [0.25, 0.3) is 0 Å². The fraction of sp³-hybridized carbons (Fsp3) is 0.429. The first kappa shape index (κ1) is 15.3. The average Bonchev–Trinajstić information content (AvgIpc) is 2.44. The number of anilines is 2. The Bertz CT molecular complexity index is 557. The second kappa shape index (κ2) is 6.55. The highest BCUT2D eigenvalue weighted by Crippen LogP contribution is 2.31. The fourth-order valence-corrected chi connectivity index (χ4v) is 2.31. The highest BCUT2D eigenvalue weighted by molar-refractivity contribution is 5.94. The second-order valence-corrected chi connectivity index (χ2v) is 4.76. The van der Waals surface area contributed by atoms with E-state index in [-0.39, 0.29) is 35.6 Å². The van der Waals surface area contributed by atoms with E-state index in [9.17, 15) is 20.0 Å². The quantitative estimate of drug-likeness (QED) is 0.633. The first-order valence-corrected chi connectivity index (χ1v) is 6.78. The van der Waals surface area contributed by atoms with Gasteiger partial charge in [0.25, 0.3) is 0 Å². The van der Waals surface area contributed by atoms with Crippen LogP contribution in [0.2, 0.25) is 0 Å². The zero-order valence-electron chi connectivity index (χ0n) is 11.7. The second-order valence-electron chi connectivity index (χ2n) is 4.76. The van der Waals surface area contributed by atoms with Crippen LogP contribution in [0.15, 0.2) is 12.1 Å². The van der Waals surface area contributed by atoms with Crippen LogP contribution in [0.3, 0.4) is 0 Å². The van der Waals surface area contributed by atoms with Gasteiger partial charge in [-0.1, -0.05) is 0 Å². The van der Waals surface area contributed by atoms with Crippen molar-refractivity contribution in [3.63, 3.8) is 0 Å². The Hall–Kier alpha value is -2.12. The number of hydrogen-bond donors (Lipinski definition) is 2. The first-order valence-electron chi connectivity index (χ1n) is 6.78. The summed E-state index contributed by atoms with van der Waals surface area (Å²) in [5.41, 5.74) is 1.99. The van der Waals surface area contributed by atoms with Gasteiger partial charge < -0.3 is 20.5 Å². The number of fused-ring (bicyclic) bond motifs is 1. The maximum absolute atomic E-state index is 11.4. The van der Waals surface area contributed by atoms with Crippen LogP contribution >= 0.6 is 0 Å². The summed E-state index contributed by atoms with van der Waals surface area (Å²) < 4.78 is 4.83. The van der Waals surface area contributed by atoms with Gasteiger partial charge in [0.15, 0.2) is 0 Å². The Balaban J connectivity index is 2.23. The van der Waals surface area contributed by atoms with Gasteiger partial charge in [-0.25, -0.2) is 0 Å². The summed E-state index contributed by atoms with van der Waals surface area (Å²) in [4.78, 5) is 22.8. The van der Waals surface area contributed by atoms with Gasteiger partial charge in [0.2, 0.25) is 5.91 Å². The van der Waals surface area contributed by atoms with E-state index in [2.05, 4.69) is 5.32 Å². The summed E-state index contributed by atoms with van der Waals surface area (Å²) in [5.74, 6) is -0.463. The van der Waals surface area contributed by atoms with Gasteiger partial charge in [-0.15, -0.1) is 0 Å². The van der Waals surface area contributed by atoms with Gasteiger partial charge >= 0.3 is 5.97 Å². The SMILES string of the molecule is CCOC(=O)CCc1cc2c(cc1N([O-])O)CCC(=O)N2. The van der Waals surface area contributed by atoms with Gasteiger partial charge in [0.1, 0.15) is 0 Å². The molecule has 1 amide bonds. The number of ether oxygens (including phenoxy) is 1. The predicted octanol–water partition coefficient (Wildman–Crippen LogP) is 1.76. The van der Waals surface area contributed by atoms with Crippen molar-refractivity contribution in [2.45, 2.75) is 32.6 Å². The molecular formula is C14H17N2O5-. The third-order valence-electron chi connectivity index (χ3n) is 3.31. The summed E-state index contributed by atoms with van der Waals surface area (Å²) in [6.45, 7) is 2.00. The summed E-state index contributed by atoms with van der Waals surface area (Å²) in [5, 5.41) is 23.0. The predicted molar refractivity (Wildman–Crippen MR) is 76.0 cm³/mol. The van der Waals surface area contributed by atoms with Crippen LogP contribution in [0, 0.1) is 5.21 Å². The van der Waals surface area contributed by atoms with Crippen molar-refractivity contribution in [2.75, 3.05) is 17.2 Å². The third-order valence-corrected chi connectivity index (χ3v) is 3.31. The van der Waals surface area contributed by atoms with Crippen molar-refractivity contribution in [1.29, 1.82) is 0 Å². The minimum absolute atomic E-state index is 0.0884. The van der Waals surface area contributed by atoms with E-state index in [0.717, 1.165) is 5.56 Å². The molecule has 7 nitrogen and oxygen atoms in total. The molecule has 0 unspecified atom stereocenters. The molecule has 0 aliphatic carbocycles. The van der Waals surface area contributed by atoms with Crippen LogP contribution in [0.4, 0.5) is 11.4 Å². The van der Waals surface area contributed by atoms with Crippen LogP contribution in [-0.2, 0) is 27.2 Å². The summed E-state index contributed by atoms with van der Waals surface area (Å²) >= 11 is 0. The Labute approximate surface area is 122 Å². The maximum atomic E-state index is 11.4. The first-order chi connectivity index (χ1) is 10.0. The molecule has 1 aromatic rings. The fourth-order valence-electron chi connectivity index (χ4n) is 2.31. The summed E-state index contributed by atoms with van der Waals surface area (Å²) in [7, 11) is 0. The molecule has 114 valence electrons. The lowest BCUT2D eigenvalue weighted by molar-refractivity contribution is -0.143. The number of nitrogens with one attached hydrogen (secondary N) is 1. The van der Waals surface area contributed by atoms with Crippen molar-refractivity contribution in [1.82, 2.24) is 0 Å². The number of rotatable bonds is 5. The molecule has 0 spiro atoms. The number of carbonyl (C=O) groups excluding carboxylic acids is 2. The van der Waals surface area contributed by atoms with Gasteiger partial charge in [-0.05, 0) is 43.0 Å². The minimum Gasteiger partial charge on any atom is -0.733 e. The van der Waals surface area contributed by atoms with E-state index < -0.39 is 0 Å². The lowest BCUT2D eigenvalue weighted by atomic mass is 9.97. The summed E-state index contributed by atoms with van der Waals surface area (Å²) in [6.07, 6.45) is 1.21. The van der Waals surface area contributed by atoms with E-state index >= 15 is 0 Å². The Morgan fingerprint density at radius 3 is 2.90 bits per heavy atom. The molecule has 21 heavy (non-hydrogen) atoms. The molecule has 1 heterocycles. The van der Waals surface area contributed by atoms with Crippen molar-refractivity contribution in [3.8, 4) is 0 Å². The molecule has 7 heteroatoms.